The fourth-order valence-corrected chi connectivity index (χ4v) is 3.37. The molecule has 2 aromatic rings. The highest BCUT2D eigenvalue weighted by Gasteiger charge is 2.35. The molecule has 0 radical (unpaired) electrons. The number of carbonyl (C=O) groups excluding carboxylic acids is 1. The number of nitrogens with zero attached hydrogens (tertiary/aromatic N) is 4. The van der Waals surface area contributed by atoms with Gasteiger partial charge in [-0.2, -0.15) is 0 Å². The van der Waals surface area contributed by atoms with Crippen LogP contribution in [0.2, 0.25) is 0 Å². The highest BCUT2D eigenvalue weighted by Crippen LogP contribution is 2.26. The van der Waals surface area contributed by atoms with Crippen molar-refractivity contribution in [2.75, 3.05) is 13.1 Å². The average Bonchev–Trinajstić information content (AvgIpc) is 3.25. The number of likely N-dealkylation sites (tertiary alicyclic amines) is 1. The maximum absolute atomic E-state index is 12.8. The minimum Gasteiger partial charge on any atom is -0.361 e. The van der Waals surface area contributed by atoms with Crippen LogP contribution in [-0.2, 0) is 31.1 Å². The van der Waals surface area contributed by atoms with E-state index in [0.717, 1.165) is 35.6 Å². The van der Waals surface area contributed by atoms with Crippen LogP contribution in [0.1, 0.15) is 42.5 Å². The molecule has 1 amide bonds. The van der Waals surface area contributed by atoms with E-state index in [1.165, 1.54) is 0 Å². The number of hydrogen-bond acceptors (Lipinski definition) is 5. The molecule has 2 N–H and O–H groups in total. The zero-order valence-electron chi connectivity index (χ0n) is 14.5. The molecule has 0 aliphatic carbocycles. The van der Waals surface area contributed by atoms with Gasteiger partial charge in [-0.1, -0.05) is 19.0 Å². The van der Waals surface area contributed by atoms with E-state index in [1.54, 1.807) is 6.33 Å². The molecule has 1 aliphatic heterocycles. The van der Waals surface area contributed by atoms with Crippen LogP contribution in [0.4, 0.5) is 0 Å². The molecule has 3 heterocycles. The zero-order valence-corrected chi connectivity index (χ0v) is 14.5. The summed E-state index contributed by atoms with van der Waals surface area (Å²) in [5, 5.41) is 4.08. The second kappa shape index (κ2) is 6.76. The van der Waals surface area contributed by atoms with Gasteiger partial charge in [-0.15, -0.1) is 0 Å². The van der Waals surface area contributed by atoms with Crippen LogP contribution in [-0.4, -0.2) is 44.6 Å². The lowest BCUT2D eigenvalue weighted by molar-refractivity contribution is -0.129. The van der Waals surface area contributed by atoms with Crippen molar-refractivity contribution in [3.63, 3.8) is 0 Å². The van der Waals surface area contributed by atoms with Gasteiger partial charge in [0.2, 0.25) is 5.91 Å². The molecule has 0 spiro atoms. The highest BCUT2D eigenvalue weighted by molar-refractivity contribution is 5.79. The van der Waals surface area contributed by atoms with Crippen LogP contribution in [0, 0.1) is 0 Å². The predicted molar refractivity (Wildman–Crippen MR) is 89.5 cm³/mol. The van der Waals surface area contributed by atoms with E-state index in [1.807, 2.05) is 36.6 Å². The van der Waals surface area contributed by atoms with Crippen LogP contribution in [0.15, 0.2) is 17.0 Å². The molecule has 1 aliphatic rings. The third kappa shape index (κ3) is 3.08. The van der Waals surface area contributed by atoms with E-state index >= 15 is 0 Å². The van der Waals surface area contributed by atoms with Crippen LogP contribution in [0.5, 0.6) is 0 Å². The van der Waals surface area contributed by atoms with Gasteiger partial charge >= 0.3 is 0 Å². The topological polar surface area (TPSA) is 90.2 Å². The Hall–Kier alpha value is -2.15. The standard InChI is InChI=1S/C17H25N5O2/c1-4-14-11(16(5-2)24-20-14)6-17(23)22-7-12(13(18)8-22)15-9-21(3)10-19-15/h9-10,12-13H,4-8,18H2,1-3H3/t12-,13-/m1/s1. The third-order valence-electron chi connectivity index (χ3n) is 4.76. The summed E-state index contributed by atoms with van der Waals surface area (Å²) in [4.78, 5) is 19.0. The van der Waals surface area contributed by atoms with Gasteiger partial charge in [0.05, 0.1) is 24.1 Å². The van der Waals surface area contributed by atoms with Crippen LogP contribution in [0.25, 0.3) is 0 Å². The minimum absolute atomic E-state index is 0.0801. The summed E-state index contributed by atoms with van der Waals surface area (Å²) in [7, 11) is 1.93. The first-order valence-electron chi connectivity index (χ1n) is 8.50. The molecule has 0 saturated carbocycles. The molecule has 2 atom stereocenters. The molecular formula is C17H25N5O2. The Kier molecular flexibility index (Phi) is 4.71. The minimum atomic E-state index is -0.0809. The first kappa shape index (κ1) is 16.7. The number of rotatable bonds is 5. The Morgan fingerprint density at radius 3 is 2.79 bits per heavy atom. The van der Waals surface area contributed by atoms with Gasteiger partial charge < -0.3 is 19.7 Å². The van der Waals surface area contributed by atoms with Crippen LogP contribution in [0.3, 0.4) is 0 Å². The molecule has 7 heteroatoms. The lowest BCUT2D eigenvalue weighted by atomic mass is 10.0. The van der Waals surface area contributed by atoms with Gasteiger partial charge in [0.1, 0.15) is 5.76 Å². The number of amides is 1. The van der Waals surface area contributed by atoms with Gasteiger partial charge in [-0.05, 0) is 6.42 Å². The van der Waals surface area contributed by atoms with E-state index in [2.05, 4.69) is 10.1 Å². The Labute approximate surface area is 141 Å². The van der Waals surface area contributed by atoms with E-state index in [9.17, 15) is 4.79 Å². The van der Waals surface area contributed by atoms with Crippen LogP contribution >= 0.6 is 0 Å². The fraction of sp³-hybridized carbons (Fsp3) is 0.588. The molecule has 1 fully saturated rings. The lowest BCUT2D eigenvalue weighted by Gasteiger charge is -2.16. The predicted octanol–water partition coefficient (Wildman–Crippen LogP) is 1.03. The summed E-state index contributed by atoms with van der Waals surface area (Å²) >= 11 is 0. The summed E-state index contributed by atoms with van der Waals surface area (Å²) in [5.74, 6) is 0.982. The van der Waals surface area contributed by atoms with Gasteiger partial charge in [-0.25, -0.2) is 4.98 Å². The molecule has 2 aromatic heterocycles. The quantitative estimate of drug-likeness (QED) is 0.884. The van der Waals surface area contributed by atoms with Crippen molar-refractivity contribution < 1.29 is 9.32 Å². The van der Waals surface area contributed by atoms with E-state index in [0.29, 0.717) is 19.5 Å². The van der Waals surface area contributed by atoms with Gasteiger partial charge in [-0.3, -0.25) is 4.79 Å². The molecule has 0 unspecified atom stereocenters. The van der Waals surface area contributed by atoms with Crippen molar-refractivity contribution in [1.82, 2.24) is 19.6 Å². The maximum atomic E-state index is 12.8. The van der Waals surface area contributed by atoms with Gasteiger partial charge in [0.15, 0.2) is 0 Å². The molecule has 3 rings (SSSR count). The molecule has 0 aromatic carbocycles. The van der Waals surface area contributed by atoms with Crippen molar-refractivity contribution >= 4 is 5.91 Å². The Morgan fingerprint density at radius 2 is 2.17 bits per heavy atom. The second-order valence-electron chi connectivity index (χ2n) is 6.45. The van der Waals surface area contributed by atoms with E-state index in [4.69, 9.17) is 10.3 Å². The Balaban J connectivity index is 1.71. The molecule has 0 bridgehead atoms. The number of hydrogen-bond donors (Lipinski definition) is 1. The first-order chi connectivity index (χ1) is 11.5. The summed E-state index contributed by atoms with van der Waals surface area (Å²) in [6, 6.07) is -0.0809. The first-order valence-corrected chi connectivity index (χ1v) is 8.50. The van der Waals surface area contributed by atoms with E-state index < -0.39 is 0 Å². The van der Waals surface area contributed by atoms with Gasteiger partial charge in [0, 0.05) is 50.3 Å². The summed E-state index contributed by atoms with van der Waals surface area (Å²) in [6.45, 7) is 5.21. The monoisotopic (exact) mass is 331 g/mol. The summed E-state index contributed by atoms with van der Waals surface area (Å²) < 4.78 is 7.26. The normalized spacial score (nSPS) is 20.8. The van der Waals surface area contributed by atoms with Crippen molar-refractivity contribution in [3.05, 3.63) is 35.2 Å². The van der Waals surface area contributed by atoms with Crippen molar-refractivity contribution in [2.45, 2.75) is 45.1 Å². The Bertz CT molecular complexity index is 699. The summed E-state index contributed by atoms with van der Waals surface area (Å²) in [6.07, 6.45) is 5.58. The lowest BCUT2D eigenvalue weighted by Crippen LogP contribution is -2.33. The SMILES string of the molecule is CCc1noc(CC)c1CC(=O)N1C[C@@H](N)[C@H](c2cn(C)cn2)C1. The number of aryl methyl sites for hydroxylation is 3. The highest BCUT2D eigenvalue weighted by atomic mass is 16.5. The Morgan fingerprint density at radius 1 is 1.38 bits per heavy atom. The summed E-state index contributed by atoms with van der Waals surface area (Å²) in [5.41, 5.74) is 9.04. The van der Waals surface area contributed by atoms with Crippen molar-refractivity contribution in [1.29, 1.82) is 0 Å². The van der Waals surface area contributed by atoms with E-state index in [-0.39, 0.29) is 17.9 Å². The number of aromatic nitrogens is 3. The molecule has 130 valence electrons. The maximum Gasteiger partial charge on any atom is 0.227 e. The number of nitrogens with two attached hydrogens (primary N) is 1. The molecule has 7 nitrogen and oxygen atoms in total. The van der Waals surface area contributed by atoms with Crippen molar-refractivity contribution in [2.24, 2.45) is 12.8 Å². The second-order valence-corrected chi connectivity index (χ2v) is 6.45. The fourth-order valence-electron chi connectivity index (χ4n) is 3.37. The number of imidazole rings is 1. The molecular weight excluding hydrogens is 306 g/mol. The third-order valence-corrected chi connectivity index (χ3v) is 4.76. The van der Waals surface area contributed by atoms with Crippen LogP contribution < -0.4 is 5.73 Å². The average molecular weight is 331 g/mol. The molecule has 24 heavy (non-hydrogen) atoms. The van der Waals surface area contributed by atoms with Gasteiger partial charge in [0.25, 0.3) is 0 Å². The smallest absolute Gasteiger partial charge is 0.227 e. The number of carbonyl (C=O) groups is 1. The zero-order chi connectivity index (χ0) is 17.3. The largest absolute Gasteiger partial charge is 0.361 e. The molecule has 1 saturated heterocycles. The van der Waals surface area contributed by atoms with Crippen molar-refractivity contribution in [3.8, 4) is 0 Å².